The number of nitrogens with zero attached hydrogens (tertiary/aromatic N) is 1. The van der Waals surface area contributed by atoms with Gasteiger partial charge in [-0.25, -0.2) is 4.79 Å². The van der Waals surface area contributed by atoms with Gasteiger partial charge in [0.2, 0.25) is 0 Å². The molecule has 2 atom stereocenters. The van der Waals surface area contributed by atoms with Crippen LogP contribution in [-0.2, 0) is 4.79 Å². The van der Waals surface area contributed by atoms with E-state index in [1.807, 2.05) is 0 Å². The Morgan fingerprint density at radius 3 is 2.18 bits per heavy atom. The van der Waals surface area contributed by atoms with Gasteiger partial charge in [-0.3, -0.25) is 0 Å². The highest BCUT2D eigenvalue weighted by Gasteiger charge is 2.22. The number of aliphatic carboxylic acids is 1. The van der Waals surface area contributed by atoms with Crippen molar-refractivity contribution in [3.63, 3.8) is 0 Å². The molecule has 0 aliphatic rings. The van der Waals surface area contributed by atoms with Gasteiger partial charge < -0.3 is 10.00 Å². The molecule has 0 aliphatic heterocycles. The maximum absolute atomic E-state index is 10.6. The van der Waals surface area contributed by atoms with Crippen molar-refractivity contribution >= 4 is 13.9 Å². The Balaban J connectivity index is 4.36. The van der Waals surface area contributed by atoms with E-state index in [1.165, 1.54) is 6.66 Å². The lowest BCUT2D eigenvalue weighted by atomic mass is 10.1. The number of hydrogen-bond donors (Lipinski definition) is 1. The lowest BCUT2D eigenvalue weighted by Crippen LogP contribution is -2.23. The molecule has 0 aromatic heterocycles. The van der Waals surface area contributed by atoms with Gasteiger partial charge in [-0.05, 0) is 5.92 Å². The molecule has 4 nitrogen and oxygen atoms in total. The molecule has 1 unspecified atom stereocenters. The van der Waals surface area contributed by atoms with Crippen LogP contribution < -0.4 is 4.89 Å². The van der Waals surface area contributed by atoms with Crippen molar-refractivity contribution in [1.82, 2.24) is 0 Å². The van der Waals surface area contributed by atoms with E-state index in [1.54, 1.807) is 13.8 Å². The van der Waals surface area contributed by atoms with Gasteiger partial charge in [-0.15, -0.1) is 0 Å². The van der Waals surface area contributed by atoms with E-state index in [4.69, 9.17) is 5.11 Å². The van der Waals surface area contributed by atoms with Crippen LogP contribution >= 0.6 is 7.94 Å². The Morgan fingerprint density at radius 2 is 2.09 bits per heavy atom. The largest absolute Gasteiger partial charge is 0.612 e. The summed E-state index contributed by atoms with van der Waals surface area (Å²) < 4.78 is 3.59. The van der Waals surface area contributed by atoms with Gasteiger partial charge in [0, 0.05) is 0 Å². The molecular weight excluding hydrogens is 165 g/mol. The van der Waals surface area contributed by atoms with E-state index < -0.39 is 20.0 Å². The summed E-state index contributed by atoms with van der Waals surface area (Å²) in [5, 5.41) is 8.57. The first-order valence-electron chi connectivity index (χ1n) is 3.29. The van der Waals surface area contributed by atoms with Crippen molar-refractivity contribution in [3.05, 3.63) is 0 Å². The molecule has 11 heavy (non-hydrogen) atoms. The Hall–Kier alpha value is -0.470. The third-order valence-corrected chi connectivity index (χ3v) is 1.75. The van der Waals surface area contributed by atoms with Crippen LogP contribution in [0.1, 0.15) is 13.8 Å². The van der Waals surface area contributed by atoms with Crippen molar-refractivity contribution in [2.45, 2.75) is 19.9 Å². The second kappa shape index (κ2) is 4.42. The molecular formula is C6H12NO3P. The van der Waals surface area contributed by atoms with Crippen LogP contribution in [0.3, 0.4) is 0 Å². The van der Waals surface area contributed by atoms with E-state index in [-0.39, 0.29) is 5.92 Å². The Bertz CT molecular complexity index is 175. The van der Waals surface area contributed by atoms with E-state index in [2.05, 4.69) is 4.74 Å². The predicted molar refractivity (Wildman–Crippen MR) is 41.5 cm³/mol. The molecule has 0 saturated heterocycles. The number of carboxylic acids is 1. The number of rotatable bonds is 3. The summed E-state index contributed by atoms with van der Waals surface area (Å²) in [6.45, 7) is 4.87. The topological polar surface area (TPSA) is 72.7 Å². The van der Waals surface area contributed by atoms with Crippen LogP contribution in [0.4, 0.5) is 0 Å². The molecule has 0 heterocycles. The molecule has 0 amide bonds. The minimum absolute atomic E-state index is 0.105. The molecule has 5 heteroatoms. The molecule has 0 aliphatic carbocycles. The maximum atomic E-state index is 10.6. The van der Waals surface area contributed by atoms with Crippen molar-refractivity contribution in [1.29, 1.82) is 0 Å². The summed E-state index contributed by atoms with van der Waals surface area (Å²) in [4.78, 5) is 21.0. The predicted octanol–water partition coefficient (Wildman–Crippen LogP) is 0.666. The molecule has 64 valence electrons. The zero-order valence-electron chi connectivity index (χ0n) is 6.81. The van der Waals surface area contributed by atoms with Crippen LogP contribution in [0.5, 0.6) is 0 Å². The minimum Gasteiger partial charge on any atom is -0.612 e. The molecule has 0 radical (unpaired) electrons. The van der Waals surface area contributed by atoms with Crippen molar-refractivity contribution in [2.75, 3.05) is 6.66 Å². The van der Waals surface area contributed by atoms with Crippen LogP contribution in [0.2, 0.25) is 0 Å². The lowest BCUT2D eigenvalue weighted by molar-refractivity contribution is -0.155. The number of carbonyl (C=O) groups is 1. The highest BCUT2D eigenvalue weighted by atomic mass is 31.1. The van der Waals surface area contributed by atoms with E-state index >= 15 is 0 Å². The first-order chi connectivity index (χ1) is 4.95. The number of hydrogen-bond acceptors (Lipinski definition) is 3. The molecule has 0 fully saturated rings. The van der Waals surface area contributed by atoms with Gasteiger partial charge in [0.05, 0.1) is 0 Å². The fourth-order valence-corrected chi connectivity index (χ4v) is 1.36. The van der Waals surface area contributed by atoms with Crippen LogP contribution in [0, 0.1) is 5.92 Å². The van der Waals surface area contributed by atoms with Crippen molar-refractivity contribution in [2.24, 2.45) is 10.7 Å². The van der Waals surface area contributed by atoms with Gasteiger partial charge in [0.1, 0.15) is 6.66 Å². The highest BCUT2D eigenvalue weighted by Crippen LogP contribution is 2.15. The van der Waals surface area contributed by atoms with E-state index in [9.17, 15) is 9.69 Å². The van der Waals surface area contributed by atoms with E-state index in [0.717, 1.165) is 0 Å². The molecule has 0 bridgehead atoms. The van der Waals surface area contributed by atoms with Gasteiger partial charge in [-0.1, -0.05) is 18.6 Å². The summed E-state index contributed by atoms with van der Waals surface area (Å²) in [6.07, 6.45) is 0. The number of carboxylic acid groups (broad SMARTS) is 1. The summed E-state index contributed by atoms with van der Waals surface area (Å²) in [5.41, 5.74) is 0. The normalized spacial score (nSPS) is 15.2. The van der Waals surface area contributed by atoms with Gasteiger partial charge in [0.25, 0.3) is 0 Å². The zero-order valence-corrected chi connectivity index (χ0v) is 7.71. The average molecular weight is 177 g/mol. The molecule has 0 saturated carbocycles. The fraction of sp³-hybridized carbons (Fsp3) is 0.833. The van der Waals surface area contributed by atoms with Crippen molar-refractivity contribution in [3.8, 4) is 0 Å². The maximum Gasteiger partial charge on any atom is 0.332 e. The second-order valence-electron chi connectivity index (χ2n) is 2.61. The first-order valence-corrected chi connectivity index (χ1v) is 4.95. The minimum atomic E-state index is -1.71. The highest BCUT2D eigenvalue weighted by molar-refractivity contribution is 7.38. The van der Waals surface area contributed by atoms with Crippen LogP contribution in [-0.4, -0.2) is 23.8 Å². The molecule has 0 spiro atoms. The summed E-state index contributed by atoms with van der Waals surface area (Å²) in [7, 11) is -1.71. The SMILES string of the molecule is CC(C)[C@H](N=[P+](C)[O-])C(=O)O. The molecule has 1 N–H and O–H groups in total. The summed E-state index contributed by atoms with van der Waals surface area (Å²) in [6, 6.07) is -0.830. The monoisotopic (exact) mass is 177 g/mol. The standard InChI is InChI=1S/C6H12NO3P/c1-4(2)5(6(8)9)7-11(3)10/h4-5H,1-3H3,(H,8,9)/t5-/m0/s1. The summed E-state index contributed by atoms with van der Waals surface area (Å²) >= 11 is 0. The van der Waals surface area contributed by atoms with Crippen LogP contribution in [0.25, 0.3) is 0 Å². The summed E-state index contributed by atoms with van der Waals surface area (Å²) in [5.74, 6) is -1.11. The van der Waals surface area contributed by atoms with Gasteiger partial charge in [0.15, 0.2) is 14.0 Å². The third kappa shape index (κ3) is 4.06. The quantitative estimate of drug-likeness (QED) is 0.644. The Kier molecular flexibility index (Phi) is 4.23. The van der Waals surface area contributed by atoms with Crippen LogP contribution in [0.15, 0.2) is 4.74 Å². The zero-order chi connectivity index (χ0) is 9.02. The third-order valence-electron chi connectivity index (χ3n) is 1.17. The van der Waals surface area contributed by atoms with Crippen molar-refractivity contribution < 1.29 is 14.8 Å². The Labute approximate surface area is 66.8 Å². The van der Waals surface area contributed by atoms with Gasteiger partial charge >= 0.3 is 5.97 Å². The fourth-order valence-electron chi connectivity index (χ4n) is 0.643. The smallest absolute Gasteiger partial charge is 0.332 e. The van der Waals surface area contributed by atoms with E-state index in [0.29, 0.717) is 0 Å². The molecule has 0 rings (SSSR count). The van der Waals surface area contributed by atoms with Gasteiger partial charge in [-0.2, -0.15) is 0 Å². The molecule has 0 aromatic carbocycles. The molecule has 0 aromatic rings. The first kappa shape index (κ1) is 10.5. The lowest BCUT2D eigenvalue weighted by Gasteiger charge is -2.07. The Morgan fingerprint density at radius 1 is 1.64 bits per heavy atom. The second-order valence-corrected chi connectivity index (χ2v) is 3.77. The average Bonchev–Trinajstić information content (AvgIpc) is 1.81.